The summed E-state index contributed by atoms with van der Waals surface area (Å²) in [6.07, 6.45) is 3.52. The highest BCUT2D eigenvalue weighted by Gasteiger charge is 2.41. The Bertz CT molecular complexity index is 750. The Kier molecular flexibility index (Phi) is 5.68. The van der Waals surface area contributed by atoms with Crippen molar-refractivity contribution in [1.29, 1.82) is 0 Å². The molecule has 0 saturated carbocycles. The van der Waals surface area contributed by atoms with Gasteiger partial charge in [0.25, 0.3) is 0 Å². The number of nitrogens with zero attached hydrogens (tertiary/aromatic N) is 1. The average molecular weight is 358 g/mol. The van der Waals surface area contributed by atoms with E-state index in [1.165, 1.54) is 0 Å². The van der Waals surface area contributed by atoms with Crippen molar-refractivity contribution >= 4 is 11.9 Å². The Hall–Kier alpha value is -2.67. The second kappa shape index (κ2) is 8.14. The maximum absolute atomic E-state index is 12.2. The highest BCUT2D eigenvalue weighted by Crippen LogP contribution is 2.22. The normalized spacial score (nSPS) is 16.2. The third kappa shape index (κ3) is 4.29. The number of rotatable bonds is 7. The van der Waals surface area contributed by atoms with Crippen LogP contribution < -0.4 is 5.32 Å². The van der Waals surface area contributed by atoms with E-state index < -0.39 is 11.5 Å². The molecule has 1 amide bonds. The molecule has 2 N–H and O–H groups in total. The lowest BCUT2D eigenvalue weighted by Gasteiger charge is -2.33. The van der Waals surface area contributed by atoms with Gasteiger partial charge < -0.3 is 19.6 Å². The summed E-state index contributed by atoms with van der Waals surface area (Å²) in [5.41, 5.74) is -0.259. The van der Waals surface area contributed by atoms with E-state index in [9.17, 15) is 14.7 Å². The summed E-state index contributed by atoms with van der Waals surface area (Å²) < 4.78 is 10.9. The van der Waals surface area contributed by atoms with E-state index >= 15 is 0 Å². The molecule has 26 heavy (non-hydrogen) atoms. The van der Waals surface area contributed by atoms with Crippen LogP contribution in [0.15, 0.2) is 40.9 Å². The predicted molar refractivity (Wildman–Crippen MR) is 93.4 cm³/mol. The first-order chi connectivity index (χ1) is 12.6. The Balaban J connectivity index is 1.49. The first kappa shape index (κ1) is 18.1. The van der Waals surface area contributed by atoms with Crippen molar-refractivity contribution in [3.63, 3.8) is 0 Å². The summed E-state index contributed by atoms with van der Waals surface area (Å²) in [5.74, 6) is -0.0220. The summed E-state index contributed by atoms with van der Waals surface area (Å²) in [6.45, 7) is 0.677. The van der Waals surface area contributed by atoms with Crippen molar-refractivity contribution in [3.8, 4) is 11.3 Å². The van der Waals surface area contributed by atoms with Crippen molar-refractivity contribution in [3.05, 3.63) is 42.4 Å². The van der Waals surface area contributed by atoms with E-state index in [1.807, 2.05) is 30.3 Å². The molecule has 2 heterocycles. The van der Waals surface area contributed by atoms with Crippen LogP contribution in [0.2, 0.25) is 0 Å². The Labute approximate surface area is 151 Å². The van der Waals surface area contributed by atoms with Crippen LogP contribution in [-0.2, 0) is 20.7 Å². The van der Waals surface area contributed by atoms with Gasteiger partial charge in [0.15, 0.2) is 11.7 Å². The molecular formula is C19H22N2O5. The topological polar surface area (TPSA) is 102 Å². The van der Waals surface area contributed by atoms with Crippen LogP contribution in [0.1, 0.15) is 31.6 Å². The van der Waals surface area contributed by atoms with Crippen LogP contribution in [-0.4, -0.2) is 40.7 Å². The number of oxazole rings is 1. The van der Waals surface area contributed by atoms with Gasteiger partial charge in [0.05, 0.1) is 6.20 Å². The number of hydrogen-bond donors (Lipinski definition) is 2. The fourth-order valence-corrected chi connectivity index (χ4v) is 3.00. The molecule has 1 aromatic carbocycles. The molecule has 7 nitrogen and oxygen atoms in total. The lowest BCUT2D eigenvalue weighted by Crippen LogP contribution is -2.57. The maximum Gasteiger partial charge on any atom is 0.329 e. The van der Waals surface area contributed by atoms with Crippen molar-refractivity contribution in [2.75, 3.05) is 13.2 Å². The first-order valence-electron chi connectivity index (χ1n) is 8.71. The quantitative estimate of drug-likeness (QED) is 0.788. The summed E-state index contributed by atoms with van der Waals surface area (Å²) in [5, 5.41) is 12.1. The second-order valence-corrected chi connectivity index (χ2v) is 6.39. The van der Waals surface area contributed by atoms with Gasteiger partial charge in [-0.15, -0.1) is 0 Å². The lowest BCUT2D eigenvalue weighted by atomic mass is 9.90. The van der Waals surface area contributed by atoms with Gasteiger partial charge in [-0.3, -0.25) is 4.79 Å². The van der Waals surface area contributed by atoms with Gasteiger partial charge in [0.1, 0.15) is 5.54 Å². The zero-order chi connectivity index (χ0) is 18.4. The van der Waals surface area contributed by atoms with Crippen LogP contribution in [0, 0.1) is 0 Å². The number of aromatic nitrogens is 1. The highest BCUT2D eigenvalue weighted by molar-refractivity contribution is 5.87. The molecule has 1 fully saturated rings. The summed E-state index contributed by atoms with van der Waals surface area (Å²) >= 11 is 0. The Morgan fingerprint density at radius 3 is 2.62 bits per heavy atom. The molecule has 138 valence electrons. The van der Waals surface area contributed by atoms with Crippen molar-refractivity contribution in [2.45, 2.75) is 37.6 Å². The zero-order valence-corrected chi connectivity index (χ0v) is 14.4. The number of nitrogens with one attached hydrogen (secondary N) is 1. The van der Waals surface area contributed by atoms with Gasteiger partial charge in [0.2, 0.25) is 5.91 Å². The number of carboxylic acid groups (broad SMARTS) is 1. The number of aliphatic carboxylic acids is 1. The van der Waals surface area contributed by atoms with Gasteiger partial charge in [-0.05, 0) is 6.42 Å². The molecule has 7 heteroatoms. The van der Waals surface area contributed by atoms with E-state index in [1.54, 1.807) is 6.20 Å². The number of carbonyl (C=O) groups is 2. The molecule has 0 spiro atoms. The van der Waals surface area contributed by atoms with Crippen LogP contribution in [0.25, 0.3) is 11.3 Å². The largest absolute Gasteiger partial charge is 0.480 e. The van der Waals surface area contributed by atoms with Gasteiger partial charge in [-0.25, -0.2) is 9.78 Å². The molecule has 3 rings (SSSR count). The molecule has 0 atom stereocenters. The number of benzene rings is 1. The van der Waals surface area contributed by atoms with Crippen LogP contribution in [0.4, 0.5) is 0 Å². The molecule has 0 aliphatic carbocycles. The maximum atomic E-state index is 12.2. The number of carbonyl (C=O) groups excluding carboxylic acids is 1. The monoisotopic (exact) mass is 358 g/mol. The van der Waals surface area contributed by atoms with E-state index in [-0.39, 0.29) is 25.2 Å². The predicted octanol–water partition coefficient (Wildman–Crippen LogP) is 2.41. The van der Waals surface area contributed by atoms with Gasteiger partial charge in [-0.2, -0.15) is 0 Å². The SMILES string of the molecule is O=C(CCCc1ncc(-c2ccccc2)o1)NC1(C(=O)O)CCOCC1. The Morgan fingerprint density at radius 2 is 1.92 bits per heavy atom. The molecule has 2 aromatic rings. The first-order valence-corrected chi connectivity index (χ1v) is 8.71. The zero-order valence-electron chi connectivity index (χ0n) is 14.4. The van der Waals surface area contributed by atoms with Crippen molar-refractivity contribution in [1.82, 2.24) is 10.3 Å². The number of amides is 1. The second-order valence-electron chi connectivity index (χ2n) is 6.39. The van der Waals surface area contributed by atoms with Gasteiger partial charge >= 0.3 is 5.97 Å². The molecule has 1 saturated heterocycles. The van der Waals surface area contributed by atoms with E-state index in [4.69, 9.17) is 9.15 Å². The van der Waals surface area contributed by atoms with Crippen molar-refractivity contribution < 1.29 is 23.8 Å². The highest BCUT2D eigenvalue weighted by atomic mass is 16.5. The molecule has 1 aromatic heterocycles. The van der Waals surface area contributed by atoms with Crippen LogP contribution in [0.3, 0.4) is 0 Å². The van der Waals surface area contributed by atoms with Crippen LogP contribution in [0.5, 0.6) is 0 Å². The van der Waals surface area contributed by atoms with Crippen LogP contribution >= 0.6 is 0 Å². The Morgan fingerprint density at radius 1 is 1.19 bits per heavy atom. The molecular weight excluding hydrogens is 336 g/mol. The van der Waals surface area contributed by atoms with Gasteiger partial charge in [0, 0.05) is 44.5 Å². The molecule has 1 aliphatic rings. The third-order valence-corrected chi connectivity index (χ3v) is 4.54. The lowest BCUT2D eigenvalue weighted by molar-refractivity contribution is -0.152. The fourth-order valence-electron chi connectivity index (χ4n) is 3.00. The third-order valence-electron chi connectivity index (χ3n) is 4.54. The number of hydrogen-bond acceptors (Lipinski definition) is 5. The fraction of sp³-hybridized carbons (Fsp3) is 0.421. The van der Waals surface area contributed by atoms with E-state index in [2.05, 4.69) is 10.3 Å². The molecule has 0 radical (unpaired) electrons. The molecule has 0 unspecified atom stereocenters. The summed E-state index contributed by atoms with van der Waals surface area (Å²) in [7, 11) is 0. The molecule has 1 aliphatic heterocycles. The number of carboxylic acids is 1. The summed E-state index contributed by atoms with van der Waals surface area (Å²) in [6, 6.07) is 9.67. The van der Waals surface area contributed by atoms with E-state index in [0.717, 1.165) is 5.56 Å². The molecule has 0 bridgehead atoms. The standard InChI is InChI=1S/C19H22N2O5/c22-16(21-19(18(23)24)9-11-25-12-10-19)7-4-8-17-20-13-15(26-17)14-5-2-1-3-6-14/h1-3,5-6,13H,4,7-12H2,(H,21,22)(H,23,24). The van der Waals surface area contributed by atoms with Crippen molar-refractivity contribution in [2.24, 2.45) is 0 Å². The minimum absolute atomic E-state index is 0.221. The average Bonchev–Trinajstić information content (AvgIpc) is 3.12. The minimum Gasteiger partial charge on any atom is -0.480 e. The number of aryl methyl sites for hydroxylation is 1. The van der Waals surface area contributed by atoms with E-state index in [0.29, 0.717) is 37.7 Å². The summed E-state index contributed by atoms with van der Waals surface area (Å²) in [4.78, 5) is 28.0. The number of ether oxygens (including phenoxy) is 1. The van der Waals surface area contributed by atoms with Gasteiger partial charge in [-0.1, -0.05) is 30.3 Å². The smallest absolute Gasteiger partial charge is 0.329 e. The minimum atomic E-state index is -1.21.